The molecule has 1 heterocycles. The molecule has 0 aromatic rings. The van der Waals surface area contributed by atoms with Crippen molar-refractivity contribution < 1.29 is 24.0 Å². The molecule has 2 aliphatic carbocycles. The van der Waals surface area contributed by atoms with Crippen LogP contribution in [0.1, 0.15) is 101 Å². The van der Waals surface area contributed by atoms with Crippen LogP contribution < -0.4 is 5.32 Å². The number of nitrogens with zero attached hydrogens (tertiary/aromatic N) is 1. The first-order valence-corrected chi connectivity index (χ1v) is 14.0. The van der Waals surface area contributed by atoms with E-state index in [1.165, 1.54) is 6.92 Å². The molecule has 1 saturated heterocycles. The number of likely N-dealkylation sites (tertiary alicyclic amines) is 1. The van der Waals surface area contributed by atoms with E-state index in [1.54, 1.807) is 4.90 Å². The molecule has 1 aliphatic heterocycles. The fourth-order valence-corrected chi connectivity index (χ4v) is 6.57. The smallest absolute Gasteiger partial charge is 0.227 e. The van der Waals surface area contributed by atoms with Gasteiger partial charge in [-0.3, -0.25) is 24.0 Å². The summed E-state index contributed by atoms with van der Waals surface area (Å²) in [5.74, 6) is -1.94. The number of carbonyl (C=O) groups excluding carboxylic acids is 5. The summed E-state index contributed by atoms with van der Waals surface area (Å²) in [6.45, 7) is 17.6. The molecule has 0 aromatic heterocycles. The van der Waals surface area contributed by atoms with Crippen molar-refractivity contribution >= 4 is 29.2 Å². The first-order valence-electron chi connectivity index (χ1n) is 14.0. The second kappa shape index (κ2) is 10.3. The van der Waals surface area contributed by atoms with Crippen molar-refractivity contribution in [1.29, 1.82) is 0 Å². The lowest BCUT2D eigenvalue weighted by molar-refractivity contribution is -0.148. The lowest BCUT2D eigenvalue weighted by Gasteiger charge is -2.38. The highest BCUT2D eigenvalue weighted by atomic mass is 16.2. The monoisotopic (exact) mass is 516 g/mol. The molecule has 0 radical (unpaired) electrons. The van der Waals surface area contributed by atoms with Gasteiger partial charge in [0.05, 0.1) is 12.0 Å². The number of hydrogen-bond donors (Lipinski definition) is 1. The molecule has 3 aliphatic rings. The maximum atomic E-state index is 14.0. The van der Waals surface area contributed by atoms with Crippen LogP contribution >= 0.6 is 0 Å². The summed E-state index contributed by atoms with van der Waals surface area (Å²) in [6.07, 6.45) is 3.83. The molecule has 37 heavy (non-hydrogen) atoms. The van der Waals surface area contributed by atoms with Crippen molar-refractivity contribution in [1.82, 2.24) is 10.2 Å². The van der Waals surface area contributed by atoms with Gasteiger partial charge in [-0.05, 0) is 55.8 Å². The predicted octanol–water partition coefficient (Wildman–Crippen LogP) is 4.36. The van der Waals surface area contributed by atoms with Gasteiger partial charge in [-0.25, -0.2) is 0 Å². The van der Waals surface area contributed by atoms with Crippen LogP contribution in [0.4, 0.5) is 0 Å². The number of rotatable bonds is 10. The van der Waals surface area contributed by atoms with Crippen molar-refractivity contribution in [3.63, 3.8) is 0 Å². The molecule has 7 nitrogen and oxygen atoms in total. The van der Waals surface area contributed by atoms with E-state index in [9.17, 15) is 24.0 Å². The predicted molar refractivity (Wildman–Crippen MR) is 142 cm³/mol. The van der Waals surface area contributed by atoms with Gasteiger partial charge in [-0.1, -0.05) is 53.9 Å². The van der Waals surface area contributed by atoms with E-state index in [1.807, 2.05) is 41.5 Å². The molecule has 0 aromatic carbocycles. The number of carbonyl (C=O) groups is 5. The molecule has 5 atom stereocenters. The third-order valence-corrected chi connectivity index (χ3v) is 9.08. The average Bonchev–Trinajstić information content (AvgIpc) is 3.06. The van der Waals surface area contributed by atoms with Gasteiger partial charge in [-0.2, -0.15) is 0 Å². The number of amides is 2. The molecular formula is C30H48N2O5. The Hall–Kier alpha value is -2.05. The van der Waals surface area contributed by atoms with E-state index in [4.69, 9.17) is 0 Å². The van der Waals surface area contributed by atoms with Gasteiger partial charge in [0.25, 0.3) is 0 Å². The van der Waals surface area contributed by atoms with E-state index in [-0.39, 0.29) is 47.7 Å². The highest BCUT2D eigenvalue weighted by Crippen LogP contribution is 2.65. The van der Waals surface area contributed by atoms with E-state index >= 15 is 0 Å². The lowest BCUT2D eigenvalue weighted by atomic mass is 9.75. The van der Waals surface area contributed by atoms with Crippen LogP contribution in [-0.4, -0.2) is 52.2 Å². The van der Waals surface area contributed by atoms with Crippen LogP contribution in [0.2, 0.25) is 0 Å². The topological polar surface area (TPSA) is 101 Å². The molecule has 208 valence electrons. The summed E-state index contributed by atoms with van der Waals surface area (Å²) in [4.78, 5) is 67.1. The van der Waals surface area contributed by atoms with E-state index in [0.29, 0.717) is 18.9 Å². The van der Waals surface area contributed by atoms with E-state index < -0.39 is 40.4 Å². The summed E-state index contributed by atoms with van der Waals surface area (Å²) in [5, 5.41) is 2.96. The van der Waals surface area contributed by atoms with Gasteiger partial charge < -0.3 is 10.2 Å². The van der Waals surface area contributed by atoms with E-state index in [0.717, 1.165) is 19.3 Å². The van der Waals surface area contributed by atoms with Crippen molar-refractivity contribution in [3.8, 4) is 0 Å². The molecule has 0 unspecified atom stereocenters. The van der Waals surface area contributed by atoms with Crippen LogP contribution in [0.3, 0.4) is 0 Å². The third-order valence-electron chi connectivity index (χ3n) is 9.08. The largest absolute Gasteiger partial charge is 0.351 e. The zero-order valence-electron chi connectivity index (χ0n) is 24.4. The number of hydrogen-bond acceptors (Lipinski definition) is 5. The van der Waals surface area contributed by atoms with Gasteiger partial charge in [0.1, 0.15) is 0 Å². The van der Waals surface area contributed by atoms with Gasteiger partial charge in [0.2, 0.25) is 17.6 Å². The van der Waals surface area contributed by atoms with Crippen molar-refractivity contribution in [2.75, 3.05) is 6.54 Å². The fourth-order valence-electron chi connectivity index (χ4n) is 6.57. The van der Waals surface area contributed by atoms with Crippen LogP contribution in [0.15, 0.2) is 0 Å². The van der Waals surface area contributed by atoms with Gasteiger partial charge in [-0.15, -0.1) is 0 Å². The van der Waals surface area contributed by atoms with Crippen molar-refractivity contribution in [3.05, 3.63) is 0 Å². The lowest BCUT2D eigenvalue weighted by Crippen LogP contribution is -2.52. The van der Waals surface area contributed by atoms with Gasteiger partial charge in [0.15, 0.2) is 11.6 Å². The van der Waals surface area contributed by atoms with Gasteiger partial charge >= 0.3 is 0 Å². The normalized spacial score (nSPS) is 26.5. The minimum atomic E-state index is -0.607. The molecule has 2 amide bonds. The van der Waals surface area contributed by atoms with E-state index in [2.05, 4.69) is 19.2 Å². The molecule has 3 rings (SSSR count). The number of piperidine rings is 1. The standard InChI is InChI=1S/C30H48N2O5/c1-17(33)26(36)19(13-18-11-10-12-18)14-22(34)25-24-21(30(24,8)9)16-32(25)27(37)20(28(2,3)4)15-23(35)31-29(5,6)7/h18-21,24-25H,10-16H2,1-9H3,(H,31,35)/t19-,20+,21-,24-,25+/m0/s1. The summed E-state index contributed by atoms with van der Waals surface area (Å²) in [6, 6.07) is -0.605. The maximum Gasteiger partial charge on any atom is 0.227 e. The Balaban J connectivity index is 1.83. The summed E-state index contributed by atoms with van der Waals surface area (Å²) >= 11 is 0. The van der Waals surface area contributed by atoms with Crippen LogP contribution in [0.5, 0.6) is 0 Å². The highest BCUT2D eigenvalue weighted by molar-refractivity contribution is 6.37. The minimum absolute atomic E-state index is 0.00730. The number of Topliss-reactive ketones (excluding diaryl/α,β-unsaturated/α-hetero) is 3. The second-order valence-corrected chi connectivity index (χ2v) is 14.6. The Bertz CT molecular complexity index is 950. The molecular weight excluding hydrogens is 468 g/mol. The van der Waals surface area contributed by atoms with Crippen molar-refractivity contribution in [2.45, 2.75) is 112 Å². The molecule has 1 N–H and O–H groups in total. The number of nitrogens with one attached hydrogen (secondary N) is 1. The quantitative estimate of drug-likeness (QED) is 0.435. The van der Waals surface area contributed by atoms with Gasteiger partial charge in [0, 0.05) is 37.8 Å². The molecule has 7 heteroatoms. The summed E-state index contributed by atoms with van der Waals surface area (Å²) < 4.78 is 0. The second-order valence-electron chi connectivity index (χ2n) is 14.6. The zero-order chi connectivity index (χ0) is 28.1. The van der Waals surface area contributed by atoms with Crippen LogP contribution in [-0.2, 0) is 24.0 Å². The Morgan fingerprint density at radius 2 is 1.57 bits per heavy atom. The molecule has 0 spiro atoms. The van der Waals surface area contributed by atoms with Crippen molar-refractivity contribution in [2.24, 2.45) is 40.4 Å². The number of fused-ring (bicyclic) bond motifs is 1. The fraction of sp³-hybridized carbons (Fsp3) is 0.833. The molecule has 2 saturated carbocycles. The Morgan fingerprint density at radius 1 is 0.973 bits per heavy atom. The Labute approximate surface area is 222 Å². The molecule has 3 fully saturated rings. The Morgan fingerprint density at radius 3 is 2.03 bits per heavy atom. The molecule has 0 bridgehead atoms. The van der Waals surface area contributed by atoms with Crippen LogP contribution in [0.25, 0.3) is 0 Å². The first kappa shape index (κ1) is 29.5. The summed E-state index contributed by atoms with van der Waals surface area (Å²) in [5.41, 5.74) is -0.926. The highest BCUT2D eigenvalue weighted by Gasteiger charge is 2.69. The average molecular weight is 517 g/mol. The number of ketones is 3. The zero-order valence-corrected chi connectivity index (χ0v) is 24.4. The van der Waals surface area contributed by atoms with Crippen LogP contribution in [0, 0.1) is 40.4 Å². The third kappa shape index (κ3) is 6.51. The summed E-state index contributed by atoms with van der Waals surface area (Å²) in [7, 11) is 0. The SMILES string of the molecule is CC(=O)C(=O)[C@H](CC(=O)[C@@H]1[C@@H]2[C@H](CN1C(=O)[C@@H](CC(=O)NC(C)(C)C)C(C)(C)C)C2(C)C)CC1CCC1. The maximum absolute atomic E-state index is 14.0. The first-order chi connectivity index (χ1) is 16.8. The minimum Gasteiger partial charge on any atom is -0.351 e. The Kier molecular flexibility index (Phi) is 8.18.